The summed E-state index contributed by atoms with van der Waals surface area (Å²) in [6, 6.07) is 16.0. The van der Waals surface area contributed by atoms with E-state index in [1.807, 2.05) is 0 Å². The van der Waals surface area contributed by atoms with Gasteiger partial charge in [0.25, 0.3) is 0 Å². The Balaban J connectivity index is 1.24. The molecule has 2 aromatic rings. The van der Waals surface area contributed by atoms with Crippen molar-refractivity contribution in [2.45, 2.75) is 32.1 Å². The van der Waals surface area contributed by atoms with Gasteiger partial charge in [-0.25, -0.2) is 4.85 Å². The summed E-state index contributed by atoms with van der Waals surface area (Å²) in [5, 5.41) is 8.82. The van der Waals surface area contributed by atoms with Crippen molar-refractivity contribution in [1.82, 2.24) is 9.80 Å². The highest BCUT2D eigenvalue weighted by molar-refractivity contribution is 6.35. The fraction of sp³-hybridized carbons (Fsp3) is 0.407. The van der Waals surface area contributed by atoms with Crippen molar-refractivity contribution >= 4 is 17.5 Å². The van der Waals surface area contributed by atoms with Crippen molar-refractivity contribution in [3.8, 4) is 17.6 Å². The van der Waals surface area contributed by atoms with Crippen LogP contribution >= 0.6 is 0 Å². The number of piperazine rings is 1. The Morgan fingerprint density at radius 2 is 1.29 bits per heavy atom. The molecule has 35 heavy (non-hydrogen) atoms. The first kappa shape index (κ1) is 25.6. The van der Waals surface area contributed by atoms with Gasteiger partial charge in [-0.05, 0) is 55.7 Å². The highest BCUT2D eigenvalue weighted by atomic mass is 16.5. The van der Waals surface area contributed by atoms with E-state index in [0.717, 1.165) is 31.4 Å². The Kier molecular flexibility index (Phi) is 9.95. The third-order valence-electron chi connectivity index (χ3n) is 5.78. The monoisotopic (exact) mass is 474 g/mol. The number of amides is 2. The number of rotatable bonds is 13. The van der Waals surface area contributed by atoms with Crippen LogP contribution in [0.2, 0.25) is 0 Å². The molecular formula is C27H30N4O4. The van der Waals surface area contributed by atoms with Crippen molar-refractivity contribution in [2.75, 3.05) is 39.4 Å². The standard InChI is InChI=1S/C27H30N4O4/c1-29-23-9-13-25(14-10-23)34-19-5-3-2-4-15-30-17-18-31(27(33)26(30)32)16-6-20-35-24-11-7-22(21-28)8-12-24/h7-14H,2-6,15-20H2. The topological polar surface area (TPSA) is 87.2 Å². The van der Waals surface area contributed by atoms with Gasteiger partial charge in [-0.15, -0.1) is 0 Å². The van der Waals surface area contributed by atoms with Crippen molar-refractivity contribution in [3.05, 3.63) is 65.5 Å². The maximum atomic E-state index is 12.5. The molecule has 0 bridgehead atoms. The molecule has 0 saturated carbocycles. The lowest BCUT2D eigenvalue weighted by atomic mass is 10.1. The molecule has 1 heterocycles. The average molecular weight is 475 g/mol. The third kappa shape index (κ3) is 8.04. The Morgan fingerprint density at radius 3 is 1.86 bits per heavy atom. The molecule has 182 valence electrons. The lowest BCUT2D eigenvalue weighted by Crippen LogP contribution is -2.54. The zero-order chi connectivity index (χ0) is 24.9. The summed E-state index contributed by atoms with van der Waals surface area (Å²) in [5.74, 6) is 0.584. The van der Waals surface area contributed by atoms with E-state index in [9.17, 15) is 9.59 Å². The van der Waals surface area contributed by atoms with Crippen molar-refractivity contribution in [1.29, 1.82) is 5.26 Å². The van der Waals surface area contributed by atoms with Crippen LogP contribution in [0.3, 0.4) is 0 Å². The number of unbranched alkanes of at least 4 members (excludes halogenated alkanes) is 3. The minimum absolute atomic E-state index is 0.421. The van der Waals surface area contributed by atoms with Gasteiger partial charge in [0.15, 0.2) is 5.69 Å². The van der Waals surface area contributed by atoms with Crippen molar-refractivity contribution in [2.24, 2.45) is 0 Å². The van der Waals surface area contributed by atoms with Gasteiger partial charge in [-0.3, -0.25) is 9.59 Å². The van der Waals surface area contributed by atoms with Crippen LogP contribution in [-0.2, 0) is 9.59 Å². The van der Waals surface area contributed by atoms with E-state index in [1.165, 1.54) is 0 Å². The molecule has 0 aliphatic carbocycles. The number of benzene rings is 2. The Hall–Kier alpha value is -4.04. The molecule has 0 radical (unpaired) electrons. The lowest BCUT2D eigenvalue weighted by molar-refractivity contribution is -0.156. The maximum absolute atomic E-state index is 12.5. The van der Waals surface area contributed by atoms with Crippen LogP contribution in [0.25, 0.3) is 4.85 Å². The van der Waals surface area contributed by atoms with Gasteiger partial charge in [-0.2, -0.15) is 5.26 Å². The molecule has 0 aromatic heterocycles. The van der Waals surface area contributed by atoms with Crippen LogP contribution in [0, 0.1) is 17.9 Å². The van der Waals surface area contributed by atoms with Crippen LogP contribution in [-0.4, -0.2) is 61.0 Å². The van der Waals surface area contributed by atoms with Gasteiger partial charge in [0.2, 0.25) is 0 Å². The second-order valence-electron chi connectivity index (χ2n) is 8.29. The van der Waals surface area contributed by atoms with Crippen molar-refractivity contribution < 1.29 is 19.1 Å². The predicted octanol–water partition coefficient (Wildman–Crippen LogP) is 4.19. The molecule has 0 atom stereocenters. The molecule has 8 nitrogen and oxygen atoms in total. The number of hydrogen-bond donors (Lipinski definition) is 0. The first-order valence-electron chi connectivity index (χ1n) is 11.9. The summed E-state index contributed by atoms with van der Waals surface area (Å²) >= 11 is 0. The van der Waals surface area contributed by atoms with E-state index in [4.69, 9.17) is 21.3 Å². The van der Waals surface area contributed by atoms with E-state index < -0.39 is 11.8 Å². The zero-order valence-electron chi connectivity index (χ0n) is 19.8. The number of carbonyl (C=O) groups is 2. The molecule has 8 heteroatoms. The molecule has 1 aliphatic rings. The summed E-state index contributed by atoms with van der Waals surface area (Å²) in [6.07, 6.45) is 4.35. The fourth-order valence-corrected chi connectivity index (χ4v) is 3.78. The number of carbonyl (C=O) groups excluding carboxylic acids is 2. The second kappa shape index (κ2) is 13.6. The highest BCUT2D eigenvalue weighted by Gasteiger charge is 2.31. The summed E-state index contributed by atoms with van der Waals surface area (Å²) < 4.78 is 11.3. The summed E-state index contributed by atoms with van der Waals surface area (Å²) in [5.41, 5.74) is 1.17. The van der Waals surface area contributed by atoms with Gasteiger partial charge >= 0.3 is 11.8 Å². The van der Waals surface area contributed by atoms with Gasteiger partial charge in [0, 0.05) is 26.2 Å². The number of nitrogens with zero attached hydrogens (tertiary/aromatic N) is 4. The predicted molar refractivity (Wildman–Crippen MR) is 131 cm³/mol. The van der Waals surface area contributed by atoms with Gasteiger partial charge < -0.3 is 19.3 Å². The van der Waals surface area contributed by atoms with E-state index in [-0.39, 0.29) is 0 Å². The molecule has 1 aliphatic heterocycles. The molecule has 1 fully saturated rings. The van der Waals surface area contributed by atoms with Crippen LogP contribution in [0.5, 0.6) is 11.5 Å². The first-order valence-corrected chi connectivity index (χ1v) is 11.9. The van der Waals surface area contributed by atoms with Gasteiger partial charge in [-0.1, -0.05) is 25.0 Å². The van der Waals surface area contributed by atoms with Gasteiger partial charge in [0.05, 0.1) is 31.4 Å². The largest absolute Gasteiger partial charge is 0.494 e. The van der Waals surface area contributed by atoms with E-state index in [1.54, 1.807) is 58.3 Å². The Bertz CT molecular complexity index is 1050. The number of ether oxygens (including phenoxy) is 2. The molecule has 2 aromatic carbocycles. The van der Waals surface area contributed by atoms with E-state index in [0.29, 0.717) is 62.8 Å². The minimum Gasteiger partial charge on any atom is -0.494 e. The maximum Gasteiger partial charge on any atom is 0.312 e. The summed E-state index contributed by atoms with van der Waals surface area (Å²) in [4.78, 5) is 31.5. The van der Waals surface area contributed by atoms with E-state index in [2.05, 4.69) is 10.9 Å². The Morgan fingerprint density at radius 1 is 0.771 bits per heavy atom. The molecule has 2 amide bonds. The summed E-state index contributed by atoms with van der Waals surface area (Å²) in [7, 11) is 0. The van der Waals surface area contributed by atoms with Crippen LogP contribution < -0.4 is 9.47 Å². The first-order chi connectivity index (χ1) is 17.1. The summed E-state index contributed by atoms with van der Waals surface area (Å²) in [6.45, 7) is 10.2. The number of hydrogen-bond acceptors (Lipinski definition) is 5. The van der Waals surface area contributed by atoms with Crippen LogP contribution in [0.4, 0.5) is 5.69 Å². The molecule has 3 rings (SSSR count). The number of nitriles is 1. The third-order valence-corrected chi connectivity index (χ3v) is 5.78. The zero-order valence-corrected chi connectivity index (χ0v) is 19.8. The second-order valence-corrected chi connectivity index (χ2v) is 8.29. The molecule has 0 N–H and O–H groups in total. The smallest absolute Gasteiger partial charge is 0.312 e. The SMILES string of the molecule is [C-]#[N+]c1ccc(OCCCCCCN2CCN(CCCOc3ccc(C#N)cc3)C(=O)C2=O)cc1. The minimum atomic E-state index is -0.438. The van der Waals surface area contributed by atoms with Crippen molar-refractivity contribution in [3.63, 3.8) is 0 Å². The molecule has 1 saturated heterocycles. The van der Waals surface area contributed by atoms with Gasteiger partial charge in [0.1, 0.15) is 11.5 Å². The average Bonchev–Trinajstić information content (AvgIpc) is 2.90. The quantitative estimate of drug-likeness (QED) is 0.247. The molecular weight excluding hydrogens is 444 g/mol. The lowest BCUT2D eigenvalue weighted by Gasteiger charge is -2.33. The molecule has 0 spiro atoms. The van der Waals surface area contributed by atoms with E-state index >= 15 is 0 Å². The van der Waals surface area contributed by atoms with Crippen LogP contribution in [0.15, 0.2) is 48.5 Å². The Labute approximate surface area is 206 Å². The molecule has 0 unspecified atom stereocenters. The highest BCUT2D eigenvalue weighted by Crippen LogP contribution is 2.18. The normalized spacial score (nSPS) is 13.3. The van der Waals surface area contributed by atoms with Crippen LogP contribution in [0.1, 0.15) is 37.7 Å². The fourth-order valence-electron chi connectivity index (χ4n) is 3.78.